The average Bonchev–Trinajstić information content (AvgIpc) is 2.19. The molecule has 80 valence electrons. The van der Waals surface area contributed by atoms with Crippen LogP contribution in [0.1, 0.15) is 39.0 Å². The monoisotopic (exact) mass is 200 g/mol. The Morgan fingerprint density at radius 2 is 2.36 bits per heavy atom. The lowest BCUT2D eigenvalue weighted by Gasteiger charge is -2.23. The quantitative estimate of drug-likeness (QED) is 0.396. The van der Waals surface area contributed by atoms with Crippen LogP contribution in [0, 0.1) is 0 Å². The maximum atomic E-state index is 13.9. The van der Waals surface area contributed by atoms with Crippen molar-refractivity contribution >= 4 is 5.97 Å². The first-order chi connectivity index (χ1) is 6.69. The summed E-state index contributed by atoms with van der Waals surface area (Å²) in [5, 5.41) is 0. The van der Waals surface area contributed by atoms with Gasteiger partial charge in [0, 0.05) is 6.42 Å². The van der Waals surface area contributed by atoms with Gasteiger partial charge in [-0.2, -0.15) is 0 Å². The number of rotatable bonds is 4. The third-order valence-corrected chi connectivity index (χ3v) is 2.41. The van der Waals surface area contributed by atoms with E-state index in [2.05, 4.69) is 0 Å². The molecule has 0 fully saturated rings. The van der Waals surface area contributed by atoms with E-state index in [1.165, 1.54) is 0 Å². The van der Waals surface area contributed by atoms with Crippen LogP contribution < -0.4 is 0 Å². The third-order valence-electron chi connectivity index (χ3n) is 2.41. The highest BCUT2D eigenvalue weighted by molar-refractivity contribution is 5.79. The topological polar surface area (TPSA) is 26.3 Å². The van der Waals surface area contributed by atoms with Gasteiger partial charge in [0.2, 0.25) is 5.67 Å². The van der Waals surface area contributed by atoms with Crippen LogP contribution in [0.3, 0.4) is 0 Å². The molecule has 0 radical (unpaired) electrons. The van der Waals surface area contributed by atoms with Gasteiger partial charge in [0.1, 0.15) is 0 Å². The Morgan fingerprint density at radius 1 is 1.57 bits per heavy atom. The molecule has 0 saturated carbocycles. The fraction of sp³-hybridized carbons (Fsp3) is 0.727. The van der Waals surface area contributed by atoms with Gasteiger partial charge in [-0.3, -0.25) is 0 Å². The summed E-state index contributed by atoms with van der Waals surface area (Å²) in [7, 11) is 0. The Labute approximate surface area is 84.1 Å². The lowest BCUT2D eigenvalue weighted by molar-refractivity contribution is -0.158. The number of hydrogen-bond donors (Lipinski definition) is 0. The summed E-state index contributed by atoms with van der Waals surface area (Å²) < 4.78 is 18.7. The van der Waals surface area contributed by atoms with E-state index in [0.29, 0.717) is 13.0 Å². The molecular weight excluding hydrogens is 183 g/mol. The standard InChI is InChI=1S/C11H17FO2/c1-2-3-9-14-10(13)11(12)7-5-4-6-8-11/h4-5H,2-3,6-9H2,1H3/t11-/m1/s1. The Hall–Kier alpha value is -0.860. The average molecular weight is 200 g/mol. The largest absolute Gasteiger partial charge is 0.463 e. The van der Waals surface area contributed by atoms with Gasteiger partial charge in [-0.25, -0.2) is 9.18 Å². The Bertz CT molecular complexity index is 225. The molecule has 14 heavy (non-hydrogen) atoms. The maximum Gasteiger partial charge on any atom is 0.344 e. The van der Waals surface area contributed by atoms with Gasteiger partial charge in [0.05, 0.1) is 6.61 Å². The lowest BCUT2D eigenvalue weighted by atomic mass is 9.91. The molecule has 3 heteroatoms. The van der Waals surface area contributed by atoms with E-state index in [-0.39, 0.29) is 12.8 Å². The smallest absolute Gasteiger partial charge is 0.344 e. The van der Waals surface area contributed by atoms with Gasteiger partial charge < -0.3 is 4.74 Å². The van der Waals surface area contributed by atoms with Crippen LogP contribution in [0.15, 0.2) is 12.2 Å². The van der Waals surface area contributed by atoms with E-state index in [9.17, 15) is 9.18 Å². The fourth-order valence-electron chi connectivity index (χ4n) is 1.43. The molecule has 1 rings (SSSR count). The molecule has 0 heterocycles. The van der Waals surface area contributed by atoms with Gasteiger partial charge in [0.15, 0.2) is 0 Å². The van der Waals surface area contributed by atoms with Crippen molar-refractivity contribution in [3.63, 3.8) is 0 Å². The van der Waals surface area contributed by atoms with Crippen LogP contribution in [0.4, 0.5) is 4.39 Å². The highest BCUT2D eigenvalue weighted by Crippen LogP contribution is 2.29. The number of hydrogen-bond acceptors (Lipinski definition) is 2. The summed E-state index contributed by atoms with van der Waals surface area (Å²) in [5.74, 6) is -0.685. The van der Waals surface area contributed by atoms with Gasteiger partial charge >= 0.3 is 5.97 Å². The van der Waals surface area contributed by atoms with E-state index in [0.717, 1.165) is 12.8 Å². The normalized spacial score (nSPS) is 26.1. The Balaban J connectivity index is 2.38. The molecule has 0 amide bonds. The minimum atomic E-state index is -1.76. The van der Waals surface area contributed by atoms with E-state index in [1.54, 1.807) is 6.08 Å². The Kier molecular flexibility index (Phi) is 4.11. The minimum Gasteiger partial charge on any atom is -0.463 e. The molecule has 0 saturated heterocycles. The molecule has 1 atom stereocenters. The number of allylic oxidation sites excluding steroid dienone is 2. The van der Waals surface area contributed by atoms with E-state index in [1.807, 2.05) is 13.0 Å². The Morgan fingerprint density at radius 3 is 2.93 bits per heavy atom. The van der Waals surface area contributed by atoms with E-state index < -0.39 is 11.6 Å². The lowest BCUT2D eigenvalue weighted by Crippen LogP contribution is -2.36. The molecule has 0 bridgehead atoms. The van der Waals surface area contributed by atoms with Crippen molar-refractivity contribution in [1.29, 1.82) is 0 Å². The van der Waals surface area contributed by atoms with Gasteiger partial charge in [-0.1, -0.05) is 25.5 Å². The zero-order valence-corrected chi connectivity index (χ0v) is 8.59. The van der Waals surface area contributed by atoms with Crippen LogP contribution >= 0.6 is 0 Å². The molecule has 0 aliphatic heterocycles. The second-order valence-electron chi connectivity index (χ2n) is 3.67. The molecule has 0 aromatic heterocycles. The first kappa shape index (κ1) is 11.2. The summed E-state index contributed by atoms with van der Waals surface area (Å²) >= 11 is 0. The van der Waals surface area contributed by atoms with Gasteiger partial charge in [-0.05, 0) is 19.3 Å². The molecule has 0 N–H and O–H groups in total. The number of ether oxygens (including phenoxy) is 1. The van der Waals surface area contributed by atoms with Crippen molar-refractivity contribution in [2.24, 2.45) is 0 Å². The van der Waals surface area contributed by atoms with E-state index >= 15 is 0 Å². The number of carbonyl (C=O) groups is 1. The zero-order chi connectivity index (χ0) is 10.4. The number of esters is 1. The van der Waals surface area contributed by atoms with Gasteiger partial charge in [0.25, 0.3) is 0 Å². The molecule has 0 aromatic rings. The first-order valence-electron chi connectivity index (χ1n) is 5.20. The van der Waals surface area contributed by atoms with Crippen LogP contribution in [0.25, 0.3) is 0 Å². The molecule has 1 aliphatic carbocycles. The fourth-order valence-corrected chi connectivity index (χ4v) is 1.43. The SMILES string of the molecule is CCCCOC(=O)[C@@]1(F)CC=CCC1. The van der Waals surface area contributed by atoms with Crippen molar-refractivity contribution in [3.05, 3.63) is 12.2 Å². The van der Waals surface area contributed by atoms with Crippen LogP contribution in [0.2, 0.25) is 0 Å². The molecule has 0 spiro atoms. The number of carbonyl (C=O) groups excluding carboxylic acids is 1. The van der Waals surface area contributed by atoms with Gasteiger partial charge in [-0.15, -0.1) is 0 Å². The highest BCUT2D eigenvalue weighted by atomic mass is 19.1. The summed E-state index contributed by atoms with van der Waals surface area (Å²) in [4.78, 5) is 11.4. The van der Waals surface area contributed by atoms with E-state index in [4.69, 9.17) is 4.74 Å². The van der Waals surface area contributed by atoms with Crippen LogP contribution in [-0.4, -0.2) is 18.2 Å². The molecule has 2 nitrogen and oxygen atoms in total. The third kappa shape index (κ3) is 2.82. The predicted molar refractivity (Wildman–Crippen MR) is 52.7 cm³/mol. The van der Waals surface area contributed by atoms with Crippen LogP contribution in [0.5, 0.6) is 0 Å². The summed E-state index contributed by atoms with van der Waals surface area (Å²) in [5.41, 5.74) is -1.76. The molecule has 0 unspecified atom stereocenters. The molecular formula is C11H17FO2. The molecule has 0 aromatic carbocycles. The number of alkyl halides is 1. The summed E-state index contributed by atoms with van der Waals surface area (Å²) in [6, 6.07) is 0. The second kappa shape index (κ2) is 5.13. The second-order valence-corrected chi connectivity index (χ2v) is 3.67. The van der Waals surface area contributed by atoms with Crippen molar-refractivity contribution in [2.45, 2.75) is 44.7 Å². The minimum absolute atomic E-state index is 0.165. The highest BCUT2D eigenvalue weighted by Gasteiger charge is 2.39. The summed E-state index contributed by atoms with van der Waals surface area (Å²) in [6.07, 6.45) is 6.41. The summed E-state index contributed by atoms with van der Waals surface area (Å²) in [6.45, 7) is 2.34. The van der Waals surface area contributed by atoms with Crippen LogP contribution in [-0.2, 0) is 9.53 Å². The predicted octanol–water partition coefficient (Wildman–Crippen LogP) is 2.78. The molecule has 1 aliphatic rings. The van der Waals surface area contributed by atoms with Crippen molar-refractivity contribution in [2.75, 3.05) is 6.61 Å². The number of halogens is 1. The first-order valence-corrected chi connectivity index (χ1v) is 5.20. The number of unbranched alkanes of at least 4 members (excludes halogenated alkanes) is 1. The van der Waals surface area contributed by atoms with Crippen molar-refractivity contribution in [3.8, 4) is 0 Å². The zero-order valence-electron chi connectivity index (χ0n) is 8.59. The van der Waals surface area contributed by atoms with Crippen molar-refractivity contribution in [1.82, 2.24) is 0 Å². The maximum absolute atomic E-state index is 13.9. The van der Waals surface area contributed by atoms with Crippen molar-refractivity contribution < 1.29 is 13.9 Å².